The van der Waals surface area contributed by atoms with Crippen molar-refractivity contribution < 1.29 is 8.42 Å². The van der Waals surface area contributed by atoms with Crippen LogP contribution < -0.4 is 5.32 Å². The molecule has 0 aliphatic carbocycles. The van der Waals surface area contributed by atoms with E-state index in [2.05, 4.69) is 17.4 Å². The number of sulfonamides is 1. The number of nitrogens with one attached hydrogen (secondary N) is 1. The monoisotopic (exact) mass is 252 g/mol. The standard InChI is InChI=1S/C12H16N2O2S/c1-17(15,16)14-7-11-10-5-3-2-4-9(10)6-13-12(11)8-14/h2-5,11-13H,6-8H2,1H3/t11-,12+/m0/s1. The summed E-state index contributed by atoms with van der Waals surface area (Å²) in [5.41, 5.74) is 2.60. The van der Waals surface area contributed by atoms with Crippen molar-refractivity contribution in [3.63, 3.8) is 0 Å². The smallest absolute Gasteiger partial charge is 0.211 e. The molecule has 1 N–H and O–H groups in total. The van der Waals surface area contributed by atoms with Crippen molar-refractivity contribution in [3.8, 4) is 0 Å². The predicted molar refractivity (Wildman–Crippen MR) is 66.2 cm³/mol. The van der Waals surface area contributed by atoms with Crippen molar-refractivity contribution in [2.24, 2.45) is 0 Å². The highest BCUT2D eigenvalue weighted by atomic mass is 32.2. The van der Waals surface area contributed by atoms with Crippen LogP contribution in [0.1, 0.15) is 17.0 Å². The summed E-state index contributed by atoms with van der Waals surface area (Å²) in [7, 11) is -3.07. The van der Waals surface area contributed by atoms with E-state index in [1.807, 2.05) is 12.1 Å². The average Bonchev–Trinajstić information content (AvgIpc) is 2.72. The molecule has 0 aromatic heterocycles. The van der Waals surface area contributed by atoms with Gasteiger partial charge in [0.15, 0.2) is 0 Å². The molecule has 2 heterocycles. The lowest BCUT2D eigenvalue weighted by Gasteiger charge is -2.28. The molecule has 0 amide bonds. The summed E-state index contributed by atoms with van der Waals surface area (Å²) in [6, 6.07) is 8.56. The van der Waals surface area contributed by atoms with E-state index in [1.165, 1.54) is 17.4 Å². The number of nitrogens with zero attached hydrogens (tertiary/aromatic N) is 1. The summed E-state index contributed by atoms with van der Waals surface area (Å²) in [6.45, 7) is 2.04. The van der Waals surface area contributed by atoms with Gasteiger partial charge in [0.2, 0.25) is 10.0 Å². The van der Waals surface area contributed by atoms with E-state index in [9.17, 15) is 8.42 Å². The van der Waals surface area contributed by atoms with Crippen LogP contribution in [0.4, 0.5) is 0 Å². The zero-order valence-electron chi connectivity index (χ0n) is 9.76. The summed E-state index contributed by atoms with van der Waals surface area (Å²) in [4.78, 5) is 0. The molecule has 1 aromatic rings. The summed E-state index contributed by atoms with van der Waals surface area (Å²) >= 11 is 0. The minimum atomic E-state index is -3.07. The van der Waals surface area contributed by atoms with Crippen molar-refractivity contribution in [2.75, 3.05) is 19.3 Å². The van der Waals surface area contributed by atoms with Crippen LogP contribution in [-0.2, 0) is 16.6 Å². The minimum absolute atomic E-state index is 0.264. The molecule has 2 aliphatic heterocycles. The second-order valence-corrected chi connectivity index (χ2v) is 6.86. The molecule has 2 atom stereocenters. The highest BCUT2D eigenvalue weighted by molar-refractivity contribution is 7.88. The lowest BCUT2D eigenvalue weighted by Crippen LogP contribution is -2.39. The Kier molecular flexibility index (Phi) is 2.50. The van der Waals surface area contributed by atoms with E-state index >= 15 is 0 Å². The van der Waals surface area contributed by atoms with Gasteiger partial charge in [-0.05, 0) is 11.1 Å². The Balaban J connectivity index is 1.95. The maximum atomic E-state index is 11.6. The average molecular weight is 252 g/mol. The molecule has 0 bridgehead atoms. The van der Waals surface area contributed by atoms with Gasteiger partial charge < -0.3 is 5.32 Å². The summed E-state index contributed by atoms with van der Waals surface area (Å²) in [5.74, 6) is 0.301. The van der Waals surface area contributed by atoms with Crippen LogP contribution in [0.2, 0.25) is 0 Å². The van der Waals surface area contributed by atoms with E-state index in [4.69, 9.17) is 0 Å². The van der Waals surface area contributed by atoms with Crippen LogP contribution in [-0.4, -0.2) is 38.1 Å². The molecule has 1 saturated heterocycles. The van der Waals surface area contributed by atoms with Gasteiger partial charge in [0.05, 0.1) is 6.26 Å². The molecule has 92 valence electrons. The van der Waals surface area contributed by atoms with Crippen molar-refractivity contribution in [1.82, 2.24) is 9.62 Å². The first-order valence-electron chi connectivity index (χ1n) is 5.82. The fraction of sp³-hybridized carbons (Fsp3) is 0.500. The number of fused-ring (bicyclic) bond motifs is 3. The predicted octanol–water partition coefficient (Wildman–Crippen LogP) is 0.517. The molecule has 3 rings (SSSR count). The van der Waals surface area contributed by atoms with Gasteiger partial charge in [-0.1, -0.05) is 24.3 Å². The highest BCUT2D eigenvalue weighted by Gasteiger charge is 2.40. The first-order chi connectivity index (χ1) is 8.05. The highest BCUT2D eigenvalue weighted by Crippen LogP contribution is 2.34. The summed E-state index contributed by atoms with van der Waals surface area (Å²) in [6.07, 6.45) is 1.29. The van der Waals surface area contributed by atoms with Crippen LogP contribution in [0.5, 0.6) is 0 Å². The first kappa shape index (κ1) is 11.2. The van der Waals surface area contributed by atoms with E-state index < -0.39 is 10.0 Å². The second kappa shape index (κ2) is 3.80. The molecule has 0 spiro atoms. The lowest BCUT2D eigenvalue weighted by molar-refractivity contribution is 0.452. The third-order valence-corrected chi connectivity index (χ3v) is 5.00. The normalized spacial score (nSPS) is 28.8. The molecule has 0 radical (unpaired) electrons. The molecule has 2 aliphatic rings. The maximum absolute atomic E-state index is 11.6. The minimum Gasteiger partial charge on any atom is -0.308 e. The zero-order valence-corrected chi connectivity index (χ0v) is 10.6. The van der Waals surface area contributed by atoms with Crippen molar-refractivity contribution in [1.29, 1.82) is 0 Å². The topological polar surface area (TPSA) is 49.4 Å². The molecule has 17 heavy (non-hydrogen) atoms. The largest absolute Gasteiger partial charge is 0.308 e. The van der Waals surface area contributed by atoms with E-state index in [0.717, 1.165) is 6.54 Å². The molecular weight excluding hydrogens is 236 g/mol. The number of benzene rings is 1. The summed E-state index contributed by atoms with van der Waals surface area (Å²) < 4.78 is 24.8. The quantitative estimate of drug-likeness (QED) is 0.792. The molecule has 4 nitrogen and oxygen atoms in total. The third-order valence-electron chi connectivity index (χ3n) is 3.76. The second-order valence-electron chi connectivity index (χ2n) is 4.87. The van der Waals surface area contributed by atoms with Gasteiger partial charge >= 0.3 is 0 Å². The molecule has 0 saturated carbocycles. The third kappa shape index (κ3) is 1.88. The van der Waals surface area contributed by atoms with Gasteiger partial charge in [0, 0.05) is 31.6 Å². The van der Waals surface area contributed by atoms with Gasteiger partial charge in [-0.15, -0.1) is 0 Å². The SMILES string of the molecule is CS(=O)(=O)N1C[C@H]2NCc3ccccc3[C@@H]2C1. The van der Waals surface area contributed by atoms with Crippen LogP contribution in [0.25, 0.3) is 0 Å². The van der Waals surface area contributed by atoms with Crippen LogP contribution in [0.15, 0.2) is 24.3 Å². The molecule has 0 unspecified atom stereocenters. The van der Waals surface area contributed by atoms with Crippen LogP contribution in [0.3, 0.4) is 0 Å². The molecule has 5 heteroatoms. The van der Waals surface area contributed by atoms with Gasteiger partial charge in [-0.3, -0.25) is 0 Å². The van der Waals surface area contributed by atoms with E-state index in [0.29, 0.717) is 19.0 Å². The molecular formula is C12H16N2O2S. The van der Waals surface area contributed by atoms with E-state index in [-0.39, 0.29) is 6.04 Å². The van der Waals surface area contributed by atoms with Gasteiger partial charge in [-0.25, -0.2) is 8.42 Å². The first-order valence-corrected chi connectivity index (χ1v) is 7.67. The fourth-order valence-corrected chi connectivity index (χ4v) is 3.72. The maximum Gasteiger partial charge on any atom is 0.211 e. The Labute approximate surface area is 102 Å². The van der Waals surface area contributed by atoms with Crippen molar-refractivity contribution in [3.05, 3.63) is 35.4 Å². The van der Waals surface area contributed by atoms with Gasteiger partial charge in [-0.2, -0.15) is 4.31 Å². The van der Waals surface area contributed by atoms with Crippen molar-refractivity contribution in [2.45, 2.75) is 18.5 Å². The Hall–Kier alpha value is -0.910. The molecule has 1 fully saturated rings. The summed E-state index contributed by atoms with van der Waals surface area (Å²) in [5, 5.41) is 3.43. The van der Waals surface area contributed by atoms with Crippen molar-refractivity contribution >= 4 is 10.0 Å². The van der Waals surface area contributed by atoms with Gasteiger partial charge in [0.1, 0.15) is 0 Å². The van der Waals surface area contributed by atoms with Crippen LogP contribution in [0, 0.1) is 0 Å². The lowest BCUT2D eigenvalue weighted by atomic mass is 9.87. The Morgan fingerprint density at radius 3 is 2.82 bits per heavy atom. The zero-order chi connectivity index (χ0) is 12.0. The van der Waals surface area contributed by atoms with Crippen LogP contribution >= 0.6 is 0 Å². The number of hydrogen-bond donors (Lipinski definition) is 1. The van der Waals surface area contributed by atoms with E-state index in [1.54, 1.807) is 4.31 Å². The van der Waals surface area contributed by atoms with Gasteiger partial charge in [0.25, 0.3) is 0 Å². The Bertz CT molecular complexity index is 541. The Morgan fingerprint density at radius 2 is 2.06 bits per heavy atom. The Morgan fingerprint density at radius 1 is 1.29 bits per heavy atom. The number of rotatable bonds is 1. The fourth-order valence-electron chi connectivity index (χ4n) is 2.86. The molecule has 1 aromatic carbocycles. The number of hydrogen-bond acceptors (Lipinski definition) is 3.